The molecule has 7 nitrogen and oxygen atoms in total. The van der Waals surface area contributed by atoms with E-state index >= 15 is 0 Å². The van der Waals surface area contributed by atoms with E-state index in [9.17, 15) is 9.59 Å². The van der Waals surface area contributed by atoms with Crippen molar-refractivity contribution in [2.45, 2.75) is 19.0 Å². The molecule has 1 rings (SSSR count). The highest BCUT2D eigenvalue weighted by atomic mass is 16.2. The smallest absolute Gasteiger partial charge is 0.237 e. The lowest BCUT2D eigenvalue weighted by molar-refractivity contribution is -0.126. The summed E-state index contributed by atoms with van der Waals surface area (Å²) >= 11 is 0. The van der Waals surface area contributed by atoms with Crippen LogP contribution in [0.15, 0.2) is 12.5 Å². The summed E-state index contributed by atoms with van der Waals surface area (Å²) in [4.78, 5) is 28.4. The number of nitrogens with two attached hydrogens (primary N) is 2. The largest absolute Gasteiger partial charge is 0.370 e. The predicted octanol–water partition coefficient (Wildman–Crippen LogP) is -1.77. The normalized spacial score (nSPS) is 12.1. The van der Waals surface area contributed by atoms with E-state index in [-0.39, 0.29) is 6.42 Å². The van der Waals surface area contributed by atoms with Gasteiger partial charge in [0.2, 0.25) is 11.8 Å². The zero-order chi connectivity index (χ0) is 11.3. The van der Waals surface area contributed by atoms with Crippen molar-refractivity contribution in [2.24, 2.45) is 11.5 Å². The molecule has 0 fully saturated rings. The van der Waals surface area contributed by atoms with Crippen LogP contribution in [-0.2, 0) is 16.1 Å². The second-order valence-electron chi connectivity index (χ2n) is 3.07. The Hall–Kier alpha value is -1.89. The third-order valence-corrected chi connectivity index (χ3v) is 1.77. The Balaban J connectivity index is 2.32. The van der Waals surface area contributed by atoms with Crippen molar-refractivity contribution in [1.82, 2.24) is 15.3 Å². The first-order chi connectivity index (χ1) is 7.09. The molecule has 82 valence electrons. The van der Waals surface area contributed by atoms with Crippen LogP contribution >= 0.6 is 0 Å². The Morgan fingerprint density at radius 2 is 2.33 bits per heavy atom. The Morgan fingerprint density at radius 1 is 1.60 bits per heavy atom. The molecule has 1 unspecified atom stereocenters. The van der Waals surface area contributed by atoms with Gasteiger partial charge in [0.05, 0.1) is 31.0 Å². The molecule has 2 amide bonds. The van der Waals surface area contributed by atoms with Gasteiger partial charge >= 0.3 is 0 Å². The third kappa shape index (κ3) is 3.77. The number of nitrogens with zero attached hydrogens (tertiary/aromatic N) is 1. The molecule has 0 aliphatic rings. The van der Waals surface area contributed by atoms with Gasteiger partial charge in [-0.3, -0.25) is 9.59 Å². The fourth-order valence-corrected chi connectivity index (χ4v) is 1.00. The molecule has 7 heteroatoms. The molecule has 0 bridgehead atoms. The van der Waals surface area contributed by atoms with Crippen LogP contribution < -0.4 is 16.8 Å². The van der Waals surface area contributed by atoms with Crippen molar-refractivity contribution in [3.05, 3.63) is 18.2 Å². The lowest BCUT2D eigenvalue weighted by Gasteiger charge is -2.09. The first-order valence-electron chi connectivity index (χ1n) is 4.38. The van der Waals surface area contributed by atoms with Gasteiger partial charge in [0, 0.05) is 6.20 Å². The Morgan fingerprint density at radius 3 is 2.87 bits per heavy atom. The molecule has 1 atom stereocenters. The highest BCUT2D eigenvalue weighted by Crippen LogP contribution is 1.91. The van der Waals surface area contributed by atoms with Crippen molar-refractivity contribution in [3.63, 3.8) is 0 Å². The number of rotatable bonds is 5. The van der Waals surface area contributed by atoms with E-state index in [0.29, 0.717) is 6.54 Å². The van der Waals surface area contributed by atoms with Crippen LogP contribution in [0.25, 0.3) is 0 Å². The van der Waals surface area contributed by atoms with Crippen molar-refractivity contribution >= 4 is 11.8 Å². The fraction of sp³-hybridized carbons (Fsp3) is 0.375. The van der Waals surface area contributed by atoms with Gasteiger partial charge in [-0.1, -0.05) is 0 Å². The molecular weight excluding hydrogens is 198 g/mol. The van der Waals surface area contributed by atoms with Crippen LogP contribution in [0.1, 0.15) is 12.1 Å². The average Bonchev–Trinajstić information content (AvgIpc) is 2.65. The van der Waals surface area contributed by atoms with Crippen molar-refractivity contribution in [1.29, 1.82) is 0 Å². The minimum Gasteiger partial charge on any atom is -0.370 e. The van der Waals surface area contributed by atoms with Crippen LogP contribution in [0.3, 0.4) is 0 Å². The molecule has 0 spiro atoms. The van der Waals surface area contributed by atoms with Gasteiger partial charge in [-0.2, -0.15) is 0 Å². The standard InChI is InChI=1S/C8H13N5O2/c9-6(1-7(10)14)8(15)12-3-5-2-11-4-13-5/h2,4,6H,1,3,9H2,(H2,10,14)(H,11,13)(H,12,15). The summed E-state index contributed by atoms with van der Waals surface area (Å²) in [6.07, 6.45) is 2.93. The van der Waals surface area contributed by atoms with Crippen molar-refractivity contribution < 1.29 is 9.59 Å². The number of carbonyl (C=O) groups excluding carboxylic acids is 2. The van der Waals surface area contributed by atoms with E-state index in [0.717, 1.165) is 5.69 Å². The summed E-state index contributed by atoms with van der Waals surface area (Å²) in [6, 6.07) is -0.898. The van der Waals surface area contributed by atoms with E-state index in [1.807, 2.05) is 0 Å². The summed E-state index contributed by atoms with van der Waals surface area (Å²) < 4.78 is 0. The lowest BCUT2D eigenvalue weighted by atomic mass is 10.2. The number of primary amides is 1. The Kier molecular flexibility index (Phi) is 3.81. The zero-order valence-corrected chi connectivity index (χ0v) is 8.06. The molecule has 6 N–H and O–H groups in total. The number of hydrogen-bond donors (Lipinski definition) is 4. The van der Waals surface area contributed by atoms with Gasteiger partial charge in [0.1, 0.15) is 0 Å². The summed E-state index contributed by atoms with van der Waals surface area (Å²) in [6.45, 7) is 0.297. The van der Waals surface area contributed by atoms with Crippen LogP contribution in [0.2, 0.25) is 0 Å². The van der Waals surface area contributed by atoms with Gasteiger partial charge in [-0.05, 0) is 0 Å². The van der Waals surface area contributed by atoms with Crippen molar-refractivity contribution in [3.8, 4) is 0 Å². The number of nitrogens with one attached hydrogen (secondary N) is 2. The second kappa shape index (κ2) is 5.11. The highest BCUT2D eigenvalue weighted by Gasteiger charge is 2.15. The number of amides is 2. The van der Waals surface area contributed by atoms with Crippen LogP contribution in [-0.4, -0.2) is 27.8 Å². The molecule has 0 saturated carbocycles. The monoisotopic (exact) mass is 211 g/mol. The molecular formula is C8H13N5O2. The summed E-state index contributed by atoms with van der Waals surface area (Å²) in [7, 11) is 0. The number of aromatic nitrogens is 2. The van der Waals surface area contributed by atoms with E-state index in [4.69, 9.17) is 11.5 Å². The first kappa shape index (κ1) is 11.2. The molecule has 0 radical (unpaired) electrons. The van der Waals surface area contributed by atoms with Crippen LogP contribution in [0.4, 0.5) is 0 Å². The maximum atomic E-state index is 11.3. The van der Waals surface area contributed by atoms with Gasteiger partial charge in [0.15, 0.2) is 0 Å². The lowest BCUT2D eigenvalue weighted by Crippen LogP contribution is -2.42. The van der Waals surface area contributed by atoms with Gasteiger partial charge in [0.25, 0.3) is 0 Å². The molecule has 1 heterocycles. The minimum atomic E-state index is -0.898. The van der Waals surface area contributed by atoms with E-state index in [1.54, 1.807) is 6.20 Å². The molecule has 0 saturated heterocycles. The SMILES string of the molecule is NC(=O)CC(N)C(=O)NCc1cnc[nH]1. The number of aromatic amines is 1. The van der Waals surface area contributed by atoms with Gasteiger partial charge in [-0.15, -0.1) is 0 Å². The quantitative estimate of drug-likeness (QED) is 0.459. The van der Waals surface area contributed by atoms with Gasteiger partial charge < -0.3 is 21.8 Å². The summed E-state index contributed by atoms with van der Waals surface area (Å²) in [5.74, 6) is -1.01. The molecule has 1 aromatic heterocycles. The van der Waals surface area contributed by atoms with E-state index < -0.39 is 17.9 Å². The Labute approximate surface area is 86.2 Å². The van der Waals surface area contributed by atoms with E-state index in [2.05, 4.69) is 15.3 Å². The number of carbonyl (C=O) groups is 2. The van der Waals surface area contributed by atoms with Crippen LogP contribution in [0.5, 0.6) is 0 Å². The molecule has 1 aromatic rings. The molecule has 15 heavy (non-hydrogen) atoms. The molecule has 0 aliphatic heterocycles. The number of hydrogen-bond acceptors (Lipinski definition) is 4. The molecule has 0 aliphatic carbocycles. The van der Waals surface area contributed by atoms with E-state index in [1.165, 1.54) is 6.33 Å². The Bertz CT molecular complexity index is 335. The predicted molar refractivity (Wildman–Crippen MR) is 52.2 cm³/mol. The summed E-state index contributed by atoms with van der Waals surface area (Å²) in [5.41, 5.74) is 11.1. The zero-order valence-electron chi connectivity index (χ0n) is 8.06. The average molecular weight is 211 g/mol. The number of imidazole rings is 1. The maximum Gasteiger partial charge on any atom is 0.237 e. The highest BCUT2D eigenvalue weighted by molar-refractivity contribution is 5.87. The minimum absolute atomic E-state index is 0.158. The van der Waals surface area contributed by atoms with Crippen LogP contribution in [0, 0.1) is 0 Å². The van der Waals surface area contributed by atoms with Crippen molar-refractivity contribution in [2.75, 3.05) is 0 Å². The fourth-order valence-electron chi connectivity index (χ4n) is 1.00. The first-order valence-corrected chi connectivity index (χ1v) is 4.38. The second-order valence-corrected chi connectivity index (χ2v) is 3.07. The van der Waals surface area contributed by atoms with Gasteiger partial charge in [-0.25, -0.2) is 4.98 Å². The third-order valence-electron chi connectivity index (χ3n) is 1.77. The maximum absolute atomic E-state index is 11.3. The topological polar surface area (TPSA) is 127 Å². The number of H-pyrrole nitrogens is 1. The summed E-state index contributed by atoms with van der Waals surface area (Å²) in [5, 5.41) is 2.55. The molecule has 0 aromatic carbocycles.